The number of aryl methyl sites for hydroxylation is 1. The topological polar surface area (TPSA) is 49.9 Å². The van der Waals surface area contributed by atoms with Gasteiger partial charge in [0.05, 0.1) is 11.5 Å². The van der Waals surface area contributed by atoms with Crippen LogP contribution >= 0.6 is 0 Å². The first-order valence-corrected chi connectivity index (χ1v) is 8.46. The first-order chi connectivity index (χ1) is 9.57. The van der Waals surface area contributed by atoms with Crippen molar-refractivity contribution in [2.75, 3.05) is 39.8 Å². The molecule has 0 saturated carbocycles. The molecule has 0 spiro atoms. The first kappa shape index (κ1) is 13.9. The third-order valence-corrected chi connectivity index (χ3v) is 5.87. The SMILES string of the molecule is CN1CCN(S(=O)(=O)c2ccc3c(c2)CCCO3)CC1. The van der Waals surface area contributed by atoms with Crippen molar-refractivity contribution in [1.29, 1.82) is 0 Å². The van der Waals surface area contributed by atoms with Gasteiger partial charge in [-0.15, -0.1) is 0 Å². The normalized spacial score (nSPS) is 21.2. The summed E-state index contributed by atoms with van der Waals surface area (Å²) in [7, 11) is -1.35. The molecule has 0 amide bonds. The van der Waals surface area contributed by atoms with Gasteiger partial charge in [0, 0.05) is 26.2 Å². The van der Waals surface area contributed by atoms with Gasteiger partial charge in [-0.1, -0.05) is 0 Å². The van der Waals surface area contributed by atoms with Crippen molar-refractivity contribution in [2.24, 2.45) is 0 Å². The van der Waals surface area contributed by atoms with Crippen molar-refractivity contribution in [2.45, 2.75) is 17.7 Å². The van der Waals surface area contributed by atoms with Crippen LogP contribution in [0.3, 0.4) is 0 Å². The summed E-state index contributed by atoms with van der Waals surface area (Å²) in [6.45, 7) is 3.41. The Kier molecular flexibility index (Phi) is 3.70. The molecule has 0 N–H and O–H groups in total. The highest BCUT2D eigenvalue weighted by Crippen LogP contribution is 2.28. The fourth-order valence-corrected chi connectivity index (χ4v) is 4.15. The number of sulfonamides is 1. The minimum Gasteiger partial charge on any atom is -0.493 e. The van der Waals surface area contributed by atoms with Crippen LogP contribution in [0.5, 0.6) is 5.75 Å². The van der Waals surface area contributed by atoms with Gasteiger partial charge in [-0.25, -0.2) is 8.42 Å². The average molecular weight is 296 g/mol. The summed E-state index contributed by atoms with van der Waals surface area (Å²) >= 11 is 0. The van der Waals surface area contributed by atoms with E-state index in [-0.39, 0.29) is 0 Å². The highest BCUT2D eigenvalue weighted by Gasteiger charge is 2.28. The molecule has 110 valence electrons. The zero-order valence-corrected chi connectivity index (χ0v) is 12.5. The Labute approximate surface area is 120 Å². The number of fused-ring (bicyclic) bond motifs is 1. The predicted octanol–water partition coefficient (Wildman–Crippen LogP) is 0.948. The molecule has 0 atom stereocenters. The number of piperazine rings is 1. The molecule has 0 aromatic heterocycles. The zero-order valence-electron chi connectivity index (χ0n) is 11.7. The zero-order chi connectivity index (χ0) is 14.2. The lowest BCUT2D eigenvalue weighted by molar-refractivity contribution is 0.222. The van der Waals surface area contributed by atoms with Gasteiger partial charge < -0.3 is 9.64 Å². The van der Waals surface area contributed by atoms with Gasteiger partial charge >= 0.3 is 0 Å². The Morgan fingerprint density at radius 2 is 1.90 bits per heavy atom. The fourth-order valence-electron chi connectivity index (χ4n) is 2.67. The minimum absolute atomic E-state index is 0.395. The summed E-state index contributed by atoms with van der Waals surface area (Å²) in [4.78, 5) is 2.54. The maximum Gasteiger partial charge on any atom is 0.243 e. The third-order valence-electron chi connectivity index (χ3n) is 3.98. The first-order valence-electron chi connectivity index (χ1n) is 7.02. The van der Waals surface area contributed by atoms with Gasteiger partial charge in [0.2, 0.25) is 10.0 Å². The van der Waals surface area contributed by atoms with E-state index in [1.807, 2.05) is 7.05 Å². The van der Waals surface area contributed by atoms with E-state index in [1.165, 1.54) is 0 Å². The number of rotatable bonds is 2. The van der Waals surface area contributed by atoms with Crippen LogP contribution in [0.4, 0.5) is 0 Å². The number of hydrogen-bond donors (Lipinski definition) is 0. The Bertz CT molecular complexity index is 592. The van der Waals surface area contributed by atoms with E-state index < -0.39 is 10.0 Å². The van der Waals surface area contributed by atoms with Gasteiger partial charge in [-0.3, -0.25) is 0 Å². The predicted molar refractivity (Wildman–Crippen MR) is 76.5 cm³/mol. The highest BCUT2D eigenvalue weighted by atomic mass is 32.2. The summed E-state index contributed by atoms with van der Waals surface area (Å²) in [5.74, 6) is 0.827. The van der Waals surface area contributed by atoms with Gasteiger partial charge in [0.25, 0.3) is 0 Å². The van der Waals surface area contributed by atoms with Crippen LogP contribution < -0.4 is 4.74 Å². The van der Waals surface area contributed by atoms with Crippen LogP contribution in [-0.4, -0.2) is 57.5 Å². The lowest BCUT2D eigenvalue weighted by Gasteiger charge is -2.31. The van der Waals surface area contributed by atoms with Crippen molar-refractivity contribution in [1.82, 2.24) is 9.21 Å². The van der Waals surface area contributed by atoms with E-state index in [1.54, 1.807) is 22.5 Å². The molecule has 5 nitrogen and oxygen atoms in total. The smallest absolute Gasteiger partial charge is 0.243 e. The summed E-state index contributed by atoms with van der Waals surface area (Å²) < 4.78 is 32.4. The minimum atomic E-state index is -3.37. The maximum atomic E-state index is 12.6. The molecular weight excluding hydrogens is 276 g/mol. The van der Waals surface area contributed by atoms with Crippen molar-refractivity contribution in [3.63, 3.8) is 0 Å². The number of hydrogen-bond acceptors (Lipinski definition) is 4. The summed E-state index contributed by atoms with van der Waals surface area (Å²) in [6, 6.07) is 5.23. The summed E-state index contributed by atoms with van der Waals surface area (Å²) in [5, 5.41) is 0. The van der Waals surface area contributed by atoms with Crippen molar-refractivity contribution < 1.29 is 13.2 Å². The van der Waals surface area contributed by atoms with E-state index in [0.717, 1.165) is 43.9 Å². The Balaban J connectivity index is 1.87. The second kappa shape index (κ2) is 5.35. The quantitative estimate of drug-likeness (QED) is 0.815. The lowest BCUT2D eigenvalue weighted by Crippen LogP contribution is -2.47. The highest BCUT2D eigenvalue weighted by molar-refractivity contribution is 7.89. The number of nitrogens with zero attached hydrogens (tertiary/aromatic N) is 2. The van der Waals surface area contributed by atoms with Crippen LogP contribution in [0, 0.1) is 0 Å². The van der Waals surface area contributed by atoms with E-state index in [9.17, 15) is 8.42 Å². The molecule has 1 aromatic rings. The van der Waals surface area contributed by atoms with Gasteiger partial charge in [-0.2, -0.15) is 4.31 Å². The molecule has 1 fully saturated rings. The molecule has 20 heavy (non-hydrogen) atoms. The Morgan fingerprint density at radius 1 is 1.15 bits per heavy atom. The third kappa shape index (κ3) is 2.55. The van der Waals surface area contributed by atoms with E-state index in [0.29, 0.717) is 18.0 Å². The molecule has 0 bridgehead atoms. The Hall–Kier alpha value is -1.11. The van der Waals surface area contributed by atoms with Gasteiger partial charge in [0.1, 0.15) is 5.75 Å². The number of likely N-dealkylation sites (N-methyl/N-ethyl adjacent to an activating group) is 1. The van der Waals surface area contributed by atoms with Gasteiger partial charge in [-0.05, 0) is 43.7 Å². The van der Waals surface area contributed by atoms with E-state index in [2.05, 4.69) is 4.90 Å². The number of ether oxygens (including phenoxy) is 1. The molecule has 3 rings (SSSR count). The maximum absolute atomic E-state index is 12.6. The molecule has 2 aliphatic rings. The lowest BCUT2D eigenvalue weighted by atomic mass is 10.1. The molecule has 0 radical (unpaired) electrons. The largest absolute Gasteiger partial charge is 0.493 e. The summed E-state index contributed by atoms with van der Waals surface area (Å²) in [5.41, 5.74) is 1.01. The Morgan fingerprint density at radius 3 is 2.65 bits per heavy atom. The molecule has 0 aliphatic carbocycles. The molecule has 6 heteroatoms. The molecular formula is C14H20N2O3S. The van der Waals surface area contributed by atoms with Gasteiger partial charge in [0.15, 0.2) is 0 Å². The van der Waals surface area contributed by atoms with E-state index in [4.69, 9.17) is 4.74 Å². The molecule has 2 heterocycles. The summed E-state index contributed by atoms with van der Waals surface area (Å²) in [6.07, 6.45) is 1.84. The fraction of sp³-hybridized carbons (Fsp3) is 0.571. The van der Waals surface area contributed by atoms with Crippen LogP contribution in [0.15, 0.2) is 23.1 Å². The second-order valence-corrected chi connectivity index (χ2v) is 7.37. The molecule has 2 aliphatic heterocycles. The van der Waals surface area contributed by atoms with Crippen LogP contribution in [0.1, 0.15) is 12.0 Å². The van der Waals surface area contributed by atoms with Crippen LogP contribution in [0.25, 0.3) is 0 Å². The molecule has 1 aromatic carbocycles. The van der Waals surface area contributed by atoms with Crippen molar-refractivity contribution >= 4 is 10.0 Å². The monoisotopic (exact) mass is 296 g/mol. The molecule has 1 saturated heterocycles. The standard InChI is InChI=1S/C14H20N2O3S/c1-15-6-8-16(9-7-15)20(17,18)13-4-5-14-12(11-13)3-2-10-19-14/h4-5,11H,2-3,6-10H2,1H3. The van der Waals surface area contributed by atoms with Crippen LogP contribution in [-0.2, 0) is 16.4 Å². The van der Waals surface area contributed by atoms with E-state index >= 15 is 0 Å². The second-order valence-electron chi connectivity index (χ2n) is 5.43. The van der Waals surface area contributed by atoms with Crippen LogP contribution in [0.2, 0.25) is 0 Å². The van der Waals surface area contributed by atoms with Crippen molar-refractivity contribution in [3.8, 4) is 5.75 Å². The molecule has 0 unspecified atom stereocenters. The average Bonchev–Trinajstić information content (AvgIpc) is 2.47. The number of benzene rings is 1. The van der Waals surface area contributed by atoms with Crippen molar-refractivity contribution in [3.05, 3.63) is 23.8 Å².